The molecule has 0 radical (unpaired) electrons. The average molecular weight is 643 g/mol. The molecule has 46 heavy (non-hydrogen) atoms. The highest BCUT2D eigenvalue weighted by Crippen LogP contribution is 2.42. The first-order chi connectivity index (χ1) is 22.0. The van der Waals surface area contributed by atoms with Crippen molar-refractivity contribution in [3.05, 3.63) is 89.3 Å². The fourth-order valence-electron chi connectivity index (χ4n) is 5.91. The largest absolute Gasteiger partial charge is 0.497 e. The summed E-state index contributed by atoms with van der Waals surface area (Å²) >= 11 is 0. The molecule has 1 N–H and O–H groups in total. The second-order valence-electron chi connectivity index (χ2n) is 11.0. The minimum absolute atomic E-state index is 0.0927. The minimum Gasteiger partial charge on any atom is -0.497 e. The molecule has 0 bridgehead atoms. The molecule has 4 aromatic rings. The topological polar surface area (TPSA) is 98.9 Å². The molecule has 1 aliphatic carbocycles. The normalized spacial score (nSPS) is 15.4. The van der Waals surface area contributed by atoms with Crippen LogP contribution in [0.3, 0.4) is 0 Å². The second kappa shape index (κ2) is 13.8. The van der Waals surface area contributed by atoms with Crippen LogP contribution in [0, 0.1) is 11.7 Å². The number of hydrogen-bond acceptors (Lipinski definition) is 8. The van der Waals surface area contributed by atoms with Crippen molar-refractivity contribution >= 4 is 11.5 Å². The number of fused-ring (bicyclic) bond motifs is 1. The maximum absolute atomic E-state index is 14.6. The lowest BCUT2D eigenvalue weighted by Crippen LogP contribution is -2.35. The summed E-state index contributed by atoms with van der Waals surface area (Å²) in [7, 11) is 4.43. The van der Waals surface area contributed by atoms with Gasteiger partial charge in [-0.2, -0.15) is 18.3 Å². The molecule has 2 unspecified atom stereocenters. The van der Waals surface area contributed by atoms with Crippen molar-refractivity contribution in [2.24, 2.45) is 5.92 Å². The Morgan fingerprint density at radius 3 is 2.41 bits per heavy atom. The number of aliphatic hydroxyl groups excluding tert-OH is 1. The number of Topliss-reactive ketones (excluding diaryl/α,β-unsaturated/α-hetero) is 1. The predicted molar refractivity (Wildman–Crippen MR) is 161 cm³/mol. The van der Waals surface area contributed by atoms with Crippen molar-refractivity contribution in [2.75, 3.05) is 39.4 Å². The number of methoxy groups -OCH3 is 2. The number of hydrogen-bond donors (Lipinski definition) is 1. The van der Waals surface area contributed by atoms with Crippen molar-refractivity contribution < 1.29 is 41.7 Å². The number of benzene rings is 3. The SMILES string of the molecule is COc1cc(N(C)C(C(=O)C2CCc3cc(OC)c(C(F)(F)F)cc3CC2)c2ccc(F)cc2OCCO)cc(-n2cncn2)c1. The Hall–Kier alpha value is -4.65. The Morgan fingerprint density at radius 1 is 1.04 bits per heavy atom. The van der Waals surface area contributed by atoms with Crippen LogP contribution in [0.25, 0.3) is 5.69 Å². The number of likely N-dealkylation sites (N-methyl/N-ethyl adjacent to an activating group) is 1. The summed E-state index contributed by atoms with van der Waals surface area (Å²) in [6.45, 7) is -0.454. The Morgan fingerprint density at radius 2 is 1.78 bits per heavy atom. The van der Waals surface area contributed by atoms with Gasteiger partial charge in [0.05, 0.1) is 32.1 Å². The molecule has 5 rings (SSSR count). The van der Waals surface area contributed by atoms with Gasteiger partial charge in [0.15, 0.2) is 5.78 Å². The summed E-state index contributed by atoms with van der Waals surface area (Å²) in [6, 6.07) is 10.7. The highest BCUT2D eigenvalue weighted by molar-refractivity contribution is 5.91. The molecule has 13 heteroatoms. The zero-order valence-corrected chi connectivity index (χ0v) is 25.6. The molecule has 0 spiro atoms. The molecule has 244 valence electrons. The van der Waals surface area contributed by atoms with E-state index in [0.717, 1.165) is 6.07 Å². The molecular weight excluding hydrogens is 608 g/mol. The maximum Gasteiger partial charge on any atom is 0.419 e. The Kier molecular flexibility index (Phi) is 9.80. The summed E-state index contributed by atoms with van der Waals surface area (Å²) in [4.78, 5) is 20.4. The lowest BCUT2D eigenvalue weighted by Gasteiger charge is -2.33. The molecule has 0 aliphatic heterocycles. The fraction of sp³-hybridized carbons (Fsp3) is 0.364. The van der Waals surface area contributed by atoms with E-state index in [1.807, 2.05) is 0 Å². The van der Waals surface area contributed by atoms with Crippen molar-refractivity contribution in [3.8, 4) is 22.9 Å². The molecule has 0 fully saturated rings. The zero-order valence-electron chi connectivity index (χ0n) is 25.6. The molecule has 0 saturated carbocycles. The number of nitrogens with zero attached hydrogens (tertiary/aromatic N) is 4. The molecule has 0 saturated heterocycles. The van der Waals surface area contributed by atoms with Crippen LogP contribution in [0.15, 0.2) is 61.2 Å². The van der Waals surface area contributed by atoms with E-state index in [1.54, 1.807) is 30.1 Å². The number of anilines is 1. The number of aliphatic hydroxyl groups is 1. The van der Waals surface area contributed by atoms with E-state index in [9.17, 15) is 27.5 Å². The van der Waals surface area contributed by atoms with E-state index < -0.39 is 29.5 Å². The summed E-state index contributed by atoms with van der Waals surface area (Å²) in [5.41, 5.74) is 1.92. The Balaban J connectivity index is 1.55. The summed E-state index contributed by atoms with van der Waals surface area (Å²) in [5, 5.41) is 13.6. The van der Waals surface area contributed by atoms with E-state index >= 15 is 0 Å². The van der Waals surface area contributed by atoms with E-state index in [1.165, 1.54) is 55.8 Å². The van der Waals surface area contributed by atoms with Crippen LogP contribution in [0.1, 0.15) is 41.1 Å². The van der Waals surface area contributed by atoms with Crippen LogP contribution >= 0.6 is 0 Å². The van der Waals surface area contributed by atoms with Crippen LogP contribution in [-0.2, 0) is 23.8 Å². The van der Waals surface area contributed by atoms with Gasteiger partial charge in [-0.1, -0.05) is 0 Å². The zero-order chi connectivity index (χ0) is 33.0. The third kappa shape index (κ3) is 6.94. The third-order valence-corrected chi connectivity index (χ3v) is 8.23. The summed E-state index contributed by atoms with van der Waals surface area (Å²) < 4.78 is 73.6. The number of carbonyl (C=O) groups is 1. The molecule has 3 aromatic carbocycles. The van der Waals surface area contributed by atoms with Gasteiger partial charge in [0.2, 0.25) is 0 Å². The first-order valence-corrected chi connectivity index (χ1v) is 14.6. The molecule has 9 nitrogen and oxygen atoms in total. The minimum atomic E-state index is -4.59. The van der Waals surface area contributed by atoms with Gasteiger partial charge in [-0.15, -0.1) is 0 Å². The van der Waals surface area contributed by atoms with Gasteiger partial charge >= 0.3 is 6.18 Å². The monoisotopic (exact) mass is 642 g/mol. The number of aryl methyl sites for hydroxylation is 2. The van der Waals surface area contributed by atoms with Gasteiger partial charge in [-0.3, -0.25) is 4.79 Å². The van der Waals surface area contributed by atoms with Crippen molar-refractivity contribution in [3.63, 3.8) is 0 Å². The molecule has 1 aromatic heterocycles. The highest BCUT2D eigenvalue weighted by Gasteiger charge is 2.38. The van der Waals surface area contributed by atoms with E-state index in [-0.39, 0.29) is 36.9 Å². The smallest absolute Gasteiger partial charge is 0.419 e. The number of aromatic nitrogens is 3. The highest BCUT2D eigenvalue weighted by atomic mass is 19.4. The van der Waals surface area contributed by atoms with Crippen LogP contribution in [0.5, 0.6) is 17.2 Å². The van der Waals surface area contributed by atoms with E-state index in [4.69, 9.17) is 14.2 Å². The first-order valence-electron chi connectivity index (χ1n) is 14.6. The van der Waals surface area contributed by atoms with Gasteiger partial charge in [-0.05, 0) is 67.1 Å². The van der Waals surface area contributed by atoms with Crippen LogP contribution < -0.4 is 19.1 Å². The average Bonchev–Trinajstić information content (AvgIpc) is 3.51. The second-order valence-corrected chi connectivity index (χ2v) is 11.0. The molecule has 1 heterocycles. The maximum atomic E-state index is 14.6. The van der Waals surface area contributed by atoms with E-state index in [2.05, 4.69) is 10.1 Å². The van der Waals surface area contributed by atoms with Gasteiger partial charge in [0.1, 0.15) is 48.4 Å². The molecule has 0 amide bonds. The van der Waals surface area contributed by atoms with Crippen molar-refractivity contribution in [1.82, 2.24) is 14.8 Å². The summed E-state index contributed by atoms with van der Waals surface area (Å²) in [5.74, 6) is -1.04. The number of ether oxygens (including phenoxy) is 3. The van der Waals surface area contributed by atoms with Gasteiger partial charge < -0.3 is 24.2 Å². The molecular formula is C33H34F4N4O5. The molecule has 1 aliphatic rings. The number of halogens is 4. The van der Waals surface area contributed by atoms with Gasteiger partial charge in [0, 0.05) is 42.4 Å². The van der Waals surface area contributed by atoms with Crippen LogP contribution in [0.2, 0.25) is 0 Å². The van der Waals surface area contributed by atoms with Crippen molar-refractivity contribution in [2.45, 2.75) is 37.9 Å². The first kappa shape index (κ1) is 32.7. The number of ketones is 1. The fourth-order valence-corrected chi connectivity index (χ4v) is 5.91. The Labute approximate surface area is 263 Å². The van der Waals surface area contributed by atoms with Crippen LogP contribution in [0.4, 0.5) is 23.2 Å². The third-order valence-electron chi connectivity index (χ3n) is 8.23. The standard InChI is InChI=1S/C33H34F4N4O5/c1-40(24-15-25(17-26(16-24)44-2)41-19-38-18-39-41)31(27-9-8-23(34)14-29(27)46-11-10-42)32(43)20-4-6-21-12-28(33(35,36)37)30(45-3)13-22(21)7-5-20/h8-9,12-20,31,42H,4-7,10-11H2,1-3H3. The number of carbonyl (C=O) groups excluding carboxylic acids is 1. The lowest BCUT2D eigenvalue weighted by molar-refractivity contribution is -0.138. The number of alkyl halides is 3. The quantitative estimate of drug-likeness (QED) is 0.163. The van der Waals surface area contributed by atoms with Crippen LogP contribution in [-0.4, -0.2) is 60.1 Å². The van der Waals surface area contributed by atoms with Gasteiger partial charge in [0.25, 0.3) is 0 Å². The lowest BCUT2D eigenvalue weighted by atomic mass is 9.86. The van der Waals surface area contributed by atoms with Gasteiger partial charge in [-0.25, -0.2) is 14.1 Å². The Bertz CT molecular complexity index is 1680. The predicted octanol–water partition coefficient (Wildman–Crippen LogP) is 5.76. The molecule has 2 atom stereocenters. The van der Waals surface area contributed by atoms with Crippen molar-refractivity contribution in [1.29, 1.82) is 0 Å². The van der Waals surface area contributed by atoms with E-state index in [0.29, 0.717) is 53.1 Å². The number of rotatable bonds is 11. The summed E-state index contributed by atoms with van der Waals surface area (Å²) in [6.07, 6.45) is -0.395.